The monoisotopic (exact) mass is 856 g/mol. The average Bonchev–Trinajstić information content (AvgIpc) is 3.19. The lowest BCUT2D eigenvalue weighted by atomic mass is 10.0. The summed E-state index contributed by atoms with van der Waals surface area (Å²) in [6, 6.07) is 0. The van der Waals surface area contributed by atoms with E-state index in [0.29, 0.717) is 17.4 Å². The Labute approximate surface area is 364 Å². The molecule has 0 saturated heterocycles. The van der Waals surface area contributed by atoms with Crippen molar-refractivity contribution in [2.45, 2.75) is 232 Å². The predicted molar refractivity (Wildman–Crippen MR) is 245 cm³/mol. The number of hydrogen-bond acceptors (Lipinski definition) is 8. The first-order valence-electron chi connectivity index (χ1n) is 24.5. The fourth-order valence-corrected chi connectivity index (χ4v) is 7.55. The summed E-state index contributed by atoms with van der Waals surface area (Å²) >= 11 is 0. The lowest BCUT2D eigenvalue weighted by Gasteiger charge is -2.28. The van der Waals surface area contributed by atoms with Crippen LogP contribution in [0.2, 0.25) is 0 Å². The van der Waals surface area contributed by atoms with Gasteiger partial charge >= 0.3 is 11.9 Å². The van der Waals surface area contributed by atoms with Crippen LogP contribution in [0.4, 0.5) is 0 Å². The van der Waals surface area contributed by atoms with Gasteiger partial charge in [0.2, 0.25) is 0 Å². The molecule has 0 N–H and O–H groups in total. The molecule has 10 heteroatoms. The smallest absolute Gasteiger partial charge is 0.306 e. The molecule has 0 aromatic rings. The summed E-state index contributed by atoms with van der Waals surface area (Å²) in [6.07, 6.45) is 46.3. The molecule has 59 heavy (non-hydrogen) atoms. The molecule has 0 spiro atoms. The number of phosphoric acid groups is 1. The normalized spacial score (nSPS) is 13.7. The highest BCUT2D eigenvalue weighted by Gasteiger charge is 2.21. The third-order valence-corrected chi connectivity index (χ3v) is 11.7. The molecule has 0 aromatic heterocycles. The van der Waals surface area contributed by atoms with E-state index >= 15 is 0 Å². The maximum Gasteiger partial charge on any atom is 0.306 e. The van der Waals surface area contributed by atoms with E-state index in [4.69, 9.17) is 18.5 Å². The number of carbonyl (C=O) groups excluding carboxylic acids is 2. The number of carbonyl (C=O) groups is 2. The van der Waals surface area contributed by atoms with Crippen LogP contribution < -0.4 is 4.89 Å². The van der Waals surface area contributed by atoms with Crippen molar-refractivity contribution in [1.82, 2.24) is 0 Å². The van der Waals surface area contributed by atoms with Gasteiger partial charge in [-0.2, -0.15) is 0 Å². The summed E-state index contributed by atoms with van der Waals surface area (Å²) in [5, 5.41) is 0. The molecule has 0 saturated carbocycles. The molecule has 0 aliphatic carbocycles. The van der Waals surface area contributed by atoms with E-state index in [1.54, 1.807) is 0 Å². The van der Waals surface area contributed by atoms with E-state index in [0.717, 1.165) is 57.8 Å². The van der Waals surface area contributed by atoms with Gasteiger partial charge in [0, 0.05) is 12.8 Å². The topological polar surface area (TPSA) is 111 Å². The van der Waals surface area contributed by atoms with Crippen LogP contribution in [0.5, 0.6) is 0 Å². The molecular weight excluding hydrogens is 762 g/mol. The van der Waals surface area contributed by atoms with Crippen LogP contribution in [-0.4, -0.2) is 70.0 Å². The molecule has 348 valence electrons. The summed E-state index contributed by atoms with van der Waals surface area (Å²) in [6.45, 7) is 4.23. The summed E-state index contributed by atoms with van der Waals surface area (Å²) in [7, 11) is 1.17. The van der Waals surface area contributed by atoms with Gasteiger partial charge < -0.3 is 27.9 Å². The fourth-order valence-electron chi connectivity index (χ4n) is 6.82. The number of ether oxygens (including phenoxy) is 2. The van der Waals surface area contributed by atoms with E-state index in [-0.39, 0.29) is 32.0 Å². The number of quaternary nitrogens is 1. The van der Waals surface area contributed by atoms with Crippen molar-refractivity contribution in [2.24, 2.45) is 0 Å². The maximum absolute atomic E-state index is 12.7. The minimum Gasteiger partial charge on any atom is -0.756 e. The van der Waals surface area contributed by atoms with Crippen LogP contribution >= 0.6 is 7.82 Å². The highest BCUT2D eigenvalue weighted by atomic mass is 31.2. The van der Waals surface area contributed by atoms with E-state index in [9.17, 15) is 19.0 Å². The van der Waals surface area contributed by atoms with Gasteiger partial charge in [-0.05, 0) is 64.2 Å². The first-order valence-corrected chi connectivity index (χ1v) is 26.0. The minimum absolute atomic E-state index is 0.0307. The summed E-state index contributed by atoms with van der Waals surface area (Å²) in [5.41, 5.74) is 0. The summed E-state index contributed by atoms with van der Waals surface area (Å²) < 4.78 is 34.0. The van der Waals surface area contributed by atoms with Crippen LogP contribution in [-0.2, 0) is 32.7 Å². The van der Waals surface area contributed by atoms with Crippen molar-refractivity contribution in [3.05, 3.63) is 24.3 Å². The number of rotatable bonds is 45. The average molecular weight is 856 g/mol. The Hall–Kier alpha value is -1.51. The molecule has 1 unspecified atom stereocenters. The van der Waals surface area contributed by atoms with Gasteiger partial charge in [0.1, 0.15) is 19.8 Å². The second kappa shape index (κ2) is 41.8. The lowest BCUT2D eigenvalue weighted by Crippen LogP contribution is -2.37. The van der Waals surface area contributed by atoms with Crippen LogP contribution in [0.3, 0.4) is 0 Å². The zero-order chi connectivity index (χ0) is 43.6. The Morgan fingerprint density at radius 2 is 0.864 bits per heavy atom. The first-order chi connectivity index (χ1) is 28.5. The number of nitrogens with zero attached hydrogens (tertiary/aromatic N) is 1. The zero-order valence-corrected chi connectivity index (χ0v) is 40.1. The number of hydrogen-bond donors (Lipinski definition) is 0. The maximum atomic E-state index is 12.7. The van der Waals surface area contributed by atoms with Gasteiger partial charge in [0.25, 0.3) is 7.82 Å². The molecule has 0 bridgehead atoms. The molecular formula is C49H94NO8P. The molecule has 0 rings (SSSR count). The van der Waals surface area contributed by atoms with Crippen molar-refractivity contribution in [3.63, 3.8) is 0 Å². The van der Waals surface area contributed by atoms with Gasteiger partial charge in [0.15, 0.2) is 6.10 Å². The van der Waals surface area contributed by atoms with E-state index in [1.165, 1.54) is 135 Å². The summed E-state index contributed by atoms with van der Waals surface area (Å²) in [4.78, 5) is 37.6. The molecule has 0 aliphatic heterocycles. The number of esters is 2. The highest BCUT2D eigenvalue weighted by Crippen LogP contribution is 2.38. The fraction of sp³-hybridized carbons (Fsp3) is 0.878. The molecule has 0 radical (unpaired) electrons. The third-order valence-electron chi connectivity index (χ3n) is 10.7. The van der Waals surface area contributed by atoms with Crippen molar-refractivity contribution < 1.29 is 42.1 Å². The molecule has 0 fully saturated rings. The molecule has 0 amide bonds. The van der Waals surface area contributed by atoms with Gasteiger partial charge in [-0.3, -0.25) is 14.2 Å². The Bertz CT molecular complexity index is 1060. The van der Waals surface area contributed by atoms with E-state index < -0.39 is 26.5 Å². The van der Waals surface area contributed by atoms with Crippen LogP contribution in [0, 0.1) is 0 Å². The van der Waals surface area contributed by atoms with Crippen molar-refractivity contribution in [2.75, 3.05) is 47.5 Å². The van der Waals surface area contributed by atoms with Gasteiger partial charge in [-0.15, -0.1) is 0 Å². The Balaban J connectivity index is 4.25. The van der Waals surface area contributed by atoms with Crippen molar-refractivity contribution >= 4 is 19.8 Å². The SMILES string of the molecule is CCCCCCC/C=C/CCCCCCCC(=O)OC[C@H](COP(=O)([O-])OCC[N+](C)(C)C)OC(=O)CCCCCCCCCCCCC/C=C/CCCCCCCC. The summed E-state index contributed by atoms with van der Waals surface area (Å²) in [5.74, 6) is -0.837. The van der Waals surface area contributed by atoms with Gasteiger partial charge in [-0.1, -0.05) is 173 Å². The second-order valence-electron chi connectivity index (χ2n) is 17.8. The van der Waals surface area contributed by atoms with Gasteiger partial charge in [-0.25, -0.2) is 0 Å². The number of likely N-dealkylation sites (N-methyl/N-ethyl adjacent to an activating group) is 1. The predicted octanol–water partition coefficient (Wildman–Crippen LogP) is 13.7. The van der Waals surface area contributed by atoms with Crippen LogP contribution in [0.15, 0.2) is 24.3 Å². The molecule has 0 heterocycles. The van der Waals surface area contributed by atoms with Crippen LogP contribution in [0.25, 0.3) is 0 Å². The van der Waals surface area contributed by atoms with Crippen molar-refractivity contribution in [3.8, 4) is 0 Å². The van der Waals surface area contributed by atoms with Gasteiger partial charge in [0.05, 0.1) is 27.7 Å². The Morgan fingerprint density at radius 3 is 1.25 bits per heavy atom. The third kappa shape index (κ3) is 45.8. The van der Waals surface area contributed by atoms with Crippen LogP contribution in [0.1, 0.15) is 226 Å². The first kappa shape index (κ1) is 57.5. The van der Waals surface area contributed by atoms with E-state index in [1.807, 2.05) is 21.1 Å². The Kier molecular flexibility index (Phi) is 40.8. The molecule has 0 aliphatic rings. The zero-order valence-electron chi connectivity index (χ0n) is 39.2. The molecule has 9 nitrogen and oxygen atoms in total. The molecule has 0 aromatic carbocycles. The quantitative estimate of drug-likeness (QED) is 0.0196. The van der Waals surface area contributed by atoms with E-state index in [2.05, 4.69) is 38.2 Å². The van der Waals surface area contributed by atoms with Crippen molar-refractivity contribution in [1.29, 1.82) is 0 Å². The minimum atomic E-state index is -4.63. The standard InChI is InChI=1S/C49H94NO8P/c1-6-8-10-12-14-16-18-20-22-23-24-25-26-27-28-30-32-34-36-38-40-42-49(52)58-47(46-57-59(53,54)56-44-43-50(3,4)5)45-55-48(51)41-39-37-35-33-31-29-21-19-17-15-13-11-9-7-2/h19-22,47H,6-18,23-46H2,1-5H3/b21-19+,22-20+/t47-/m1/s1. The number of allylic oxidation sites excluding steroid dienone is 4. The second-order valence-corrected chi connectivity index (χ2v) is 19.2. The number of unbranched alkanes of at least 4 members (excludes halogenated alkanes) is 27. The number of phosphoric ester groups is 1. The lowest BCUT2D eigenvalue weighted by molar-refractivity contribution is -0.870. The Morgan fingerprint density at radius 1 is 0.508 bits per heavy atom. The molecule has 2 atom stereocenters. The largest absolute Gasteiger partial charge is 0.756 e. The highest BCUT2D eigenvalue weighted by molar-refractivity contribution is 7.45.